The molecule has 4 unspecified atom stereocenters. The van der Waals surface area contributed by atoms with Gasteiger partial charge in [-0.3, -0.25) is 4.79 Å². The van der Waals surface area contributed by atoms with Crippen LogP contribution in [0, 0.1) is 18.8 Å². The van der Waals surface area contributed by atoms with Crippen LogP contribution in [0.5, 0.6) is 0 Å². The van der Waals surface area contributed by atoms with Crippen molar-refractivity contribution in [3.8, 4) is 0 Å². The first-order chi connectivity index (χ1) is 10.5. The van der Waals surface area contributed by atoms with Crippen molar-refractivity contribution >= 4 is 5.91 Å². The summed E-state index contributed by atoms with van der Waals surface area (Å²) in [5.41, 5.74) is 7.91. The lowest BCUT2D eigenvalue weighted by Gasteiger charge is -2.35. The second-order valence-electron chi connectivity index (χ2n) is 7.91. The highest BCUT2D eigenvalue weighted by atomic mass is 16.2. The lowest BCUT2D eigenvalue weighted by atomic mass is 9.76. The van der Waals surface area contributed by atoms with Crippen LogP contribution in [0.1, 0.15) is 61.1 Å². The van der Waals surface area contributed by atoms with Crippen molar-refractivity contribution in [2.45, 2.75) is 62.9 Å². The SMILES string of the molecule is Cc1cccc(C(=O)NC23CCCC4CC2CC(N)(C4)C3)n1. The van der Waals surface area contributed by atoms with Crippen molar-refractivity contribution in [2.24, 2.45) is 17.6 Å². The Kier molecular flexibility index (Phi) is 3.09. The minimum absolute atomic E-state index is 0.0294. The standard InChI is InChI=1S/C18H25N3O/c1-12-4-2-6-15(20-12)16(22)21-18-7-3-5-13-8-14(18)10-17(19,9-13)11-18/h2,4,6,13-14H,3,5,7-11,19H2,1H3,(H,21,22). The fourth-order valence-electron chi connectivity index (χ4n) is 5.44. The first-order valence-corrected chi connectivity index (χ1v) is 8.53. The predicted molar refractivity (Wildman–Crippen MR) is 85.4 cm³/mol. The molecule has 118 valence electrons. The molecule has 3 bridgehead atoms. The molecule has 3 fully saturated rings. The van der Waals surface area contributed by atoms with Crippen LogP contribution in [-0.2, 0) is 0 Å². The maximum atomic E-state index is 12.7. The third-order valence-electron chi connectivity index (χ3n) is 6.13. The van der Waals surface area contributed by atoms with Crippen LogP contribution in [0.25, 0.3) is 0 Å². The number of nitrogens with two attached hydrogens (primary N) is 1. The summed E-state index contributed by atoms with van der Waals surface area (Å²) in [7, 11) is 0. The number of carbonyl (C=O) groups excluding carboxylic acids is 1. The fraction of sp³-hybridized carbons (Fsp3) is 0.667. The summed E-state index contributed by atoms with van der Waals surface area (Å²) >= 11 is 0. The van der Waals surface area contributed by atoms with Gasteiger partial charge in [0.2, 0.25) is 0 Å². The molecular weight excluding hydrogens is 274 g/mol. The zero-order valence-corrected chi connectivity index (χ0v) is 13.3. The Hall–Kier alpha value is -1.42. The van der Waals surface area contributed by atoms with Gasteiger partial charge >= 0.3 is 0 Å². The minimum Gasteiger partial charge on any atom is -0.345 e. The van der Waals surface area contributed by atoms with Crippen LogP contribution in [0.4, 0.5) is 0 Å². The Morgan fingerprint density at radius 1 is 1.41 bits per heavy atom. The third kappa shape index (κ3) is 2.24. The number of pyridine rings is 1. The first-order valence-electron chi connectivity index (χ1n) is 8.53. The number of aryl methyl sites for hydroxylation is 1. The van der Waals surface area contributed by atoms with E-state index in [0.29, 0.717) is 11.6 Å². The average molecular weight is 299 g/mol. The van der Waals surface area contributed by atoms with Gasteiger partial charge in [0.25, 0.3) is 5.91 Å². The molecule has 0 aliphatic heterocycles. The third-order valence-corrected chi connectivity index (χ3v) is 6.13. The molecular formula is C18H25N3O. The molecule has 0 saturated heterocycles. The van der Waals surface area contributed by atoms with Crippen LogP contribution < -0.4 is 11.1 Å². The lowest BCUT2D eigenvalue weighted by Crippen LogP contribution is -2.52. The predicted octanol–water partition coefficient (Wildman–Crippen LogP) is 2.56. The molecule has 4 heteroatoms. The van der Waals surface area contributed by atoms with Crippen molar-refractivity contribution in [3.05, 3.63) is 29.6 Å². The minimum atomic E-state index is -0.0947. The van der Waals surface area contributed by atoms with E-state index < -0.39 is 0 Å². The zero-order chi connectivity index (χ0) is 15.4. The van der Waals surface area contributed by atoms with Gasteiger partial charge in [0.15, 0.2) is 0 Å². The Morgan fingerprint density at radius 2 is 2.27 bits per heavy atom. The summed E-state index contributed by atoms with van der Waals surface area (Å²) in [6, 6.07) is 5.62. The molecule has 0 aromatic carbocycles. The van der Waals surface area contributed by atoms with Gasteiger partial charge in [-0.2, -0.15) is 0 Å². The molecule has 4 rings (SSSR count). The summed E-state index contributed by atoms with van der Waals surface area (Å²) < 4.78 is 0. The average Bonchev–Trinajstić information content (AvgIpc) is 2.55. The van der Waals surface area contributed by atoms with Gasteiger partial charge in [-0.05, 0) is 63.0 Å². The van der Waals surface area contributed by atoms with Crippen LogP contribution >= 0.6 is 0 Å². The molecule has 1 aromatic heterocycles. The number of aromatic nitrogens is 1. The Morgan fingerprint density at radius 3 is 3.09 bits per heavy atom. The fourth-order valence-corrected chi connectivity index (χ4v) is 5.44. The number of rotatable bonds is 2. The van der Waals surface area contributed by atoms with E-state index in [1.165, 1.54) is 19.3 Å². The molecule has 22 heavy (non-hydrogen) atoms. The van der Waals surface area contributed by atoms with Crippen molar-refractivity contribution in [3.63, 3.8) is 0 Å². The molecule has 0 radical (unpaired) electrons. The number of amides is 1. The molecule has 3 saturated carbocycles. The van der Waals surface area contributed by atoms with Gasteiger partial charge in [-0.25, -0.2) is 4.98 Å². The normalized spacial score (nSPS) is 39.5. The molecule has 4 atom stereocenters. The van der Waals surface area contributed by atoms with Gasteiger partial charge in [0.1, 0.15) is 5.69 Å². The highest BCUT2D eigenvalue weighted by Gasteiger charge is 2.58. The largest absolute Gasteiger partial charge is 0.345 e. The second kappa shape index (κ2) is 4.79. The van der Waals surface area contributed by atoms with Crippen LogP contribution in [0.15, 0.2) is 18.2 Å². The molecule has 1 heterocycles. The Bertz CT molecular complexity index is 616. The summed E-state index contributed by atoms with van der Waals surface area (Å²) in [6.07, 6.45) is 7.95. The second-order valence-corrected chi connectivity index (χ2v) is 7.91. The van der Waals surface area contributed by atoms with E-state index in [9.17, 15) is 4.79 Å². The summed E-state index contributed by atoms with van der Waals surface area (Å²) in [6.45, 7) is 1.92. The van der Waals surface area contributed by atoms with E-state index >= 15 is 0 Å². The highest BCUT2D eigenvalue weighted by molar-refractivity contribution is 5.92. The van der Waals surface area contributed by atoms with Crippen molar-refractivity contribution < 1.29 is 4.79 Å². The zero-order valence-electron chi connectivity index (χ0n) is 13.3. The maximum absolute atomic E-state index is 12.7. The van der Waals surface area contributed by atoms with E-state index in [2.05, 4.69) is 10.3 Å². The molecule has 3 N–H and O–H groups in total. The smallest absolute Gasteiger partial charge is 0.270 e. The topological polar surface area (TPSA) is 68.0 Å². The Balaban J connectivity index is 1.62. The molecule has 3 aliphatic rings. The molecule has 3 aliphatic carbocycles. The van der Waals surface area contributed by atoms with E-state index in [-0.39, 0.29) is 17.0 Å². The van der Waals surface area contributed by atoms with Gasteiger partial charge in [0, 0.05) is 16.8 Å². The van der Waals surface area contributed by atoms with Crippen molar-refractivity contribution in [1.29, 1.82) is 0 Å². The van der Waals surface area contributed by atoms with E-state index in [1.54, 1.807) is 6.07 Å². The number of carbonyl (C=O) groups is 1. The summed E-state index contributed by atoms with van der Waals surface area (Å²) in [5, 5.41) is 3.38. The van der Waals surface area contributed by atoms with Crippen molar-refractivity contribution in [1.82, 2.24) is 10.3 Å². The van der Waals surface area contributed by atoms with E-state index in [0.717, 1.165) is 37.3 Å². The number of nitrogens with one attached hydrogen (secondary N) is 1. The van der Waals surface area contributed by atoms with Gasteiger partial charge in [0.05, 0.1) is 0 Å². The number of nitrogens with zero attached hydrogens (tertiary/aromatic N) is 1. The Labute approximate surface area is 131 Å². The van der Waals surface area contributed by atoms with Crippen LogP contribution in [-0.4, -0.2) is 22.0 Å². The van der Waals surface area contributed by atoms with Gasteiger partial charge < -0.3 is 11.1 Å². The highest BCUT2D eigenvalue weighted by Crippen LogP contribution is 2.56. The van der Waals surface area contributed by atoms with Crippen LogP contribution in [0.3, 0.4) is 0 Å². The number of hydrogen-bond acceptors (Lipinski definition) is 3. The number of hydrogen-bond donors (Lipinski definition) is 2. The molecule has 1 aromatic rings. The molecule has 4 nitrogen and oxygen atoms in total. The molecule has 1 amide bonds. The molecule has 0 spiro atoms. The van der Waals surface area contributed by atoms with E-state index in [1.807, 2.05) is 19.1 Å². The van der Waals surface area contributed by atoms with Crippen molar-refractivity contribution in [2.75, 3.05) is 0 Å². The quantitative estimate of drug-likeness (QED) is 0.882. The summed E-state index contributed by atoms with van der Waals surface area (Å²) in [4.78, 5) is 17.1. The van der Waals surface area contributed by atoms with Gasteiger partial charge in [-0.15, -0.1) is 0 Å². The maximum Gasteiger partial charge on any atom is 0.270 e. The van der Waals surface area contributed by atoms with Gasteiger partial charge in [-0.1, -0.05) is 18.9 Å². The first kappa shape index (κ1) is 14.2. The lowest BCUT2D eigenvalue weighted by molar-refractivity contribution is 0.0856. The van der Waals surface area contributed by atoms with Crippen LogP contribution in [0.2, 0.25) is 0 Å². The monoisotopic (exact) mass is 299 g/mol. The summed E-state index contributed by atoms with van der Waals surface area (Å²) in [5.74, 6) is 1.29. The van der Waals surface area contributed by atoms with E-state index in [4.69, 9.17) is 5.73 Å². The number of fused-ring (bicyclic) bond motifs is 2.